The number of anilines is 1. The summed E-state index contributed by atoms with van der Waals surface area (Å²) in [7, 11) is 0. The van der Waals surface area contributed by atoms with Crippen LogP contribution < -0.4 is 5.32 Å². The second kappa shape index (κ2) is 7.59. The monoisotopic (exact) mass is 397 g/mol. The average molecular weight is 397 g/mol. The molecule has 0 bridgehead atoms. The lowest BCUT2D eigenvalue weighted by atomic mass is 10.0. The molecule has 1 aromatic heterocycles. The normalized spacial score (nSPS) is 17.8. The average Bonchev–Trinajstić information content (AvgIpc) is 2.89. The van der Waals surface area contributed by atoms with Crippen molar-refractivity contribution in [1.29, 1.82) is 0 Å². The lowest BCUT2D eigenvalue weighted by Gasteiger charge is -2.26. The first-order valence-electron chi connectivity index (χ1n) is 10.1. The van der Waals surface area contributed by atoms with Crippen LogP contribution in [0.1, 0.15) is 43.4 Å². The molecular formula is C21H27N5O3. The number of nitrogens with one attached hydrogen (secondary N) is 1. The third-order valence-corrected chi connectivity index (χ3v) is 5.09. The van der Waals surface area contributed by atoms with Crippen molar-refractivity contribution in [3.8, 4) is 0 Å². The summed E-state index contributed by atoms with van der Waals surface area (Å²) in [5.41, 5.74) is 0.982. The number of hydrogen-bond acceptors (Lipinski definition) is 7. The molecule has 0 aliphatic carbocycles. The molecule has 0 unspecified atom stereocenters. The van der Waals surface area contributed by atoms with Gasteiger partial charge in [0.05, 0.1) is 24.0 Å². The van der Waals surface area contributed by atoms with E-state index in [2.05, 4.69) is 15.2 Å². The van der Waals surface area contributed by atoms with Gasteiger partial charge in [-0.25, -0.2) is 14.8 Å². The maximum absolute atomic E-state index is 12.4. The first-order valence-corrected chi connectivity index (χ1v) is 10.1. The highest BCUT2D eigenvalue weighted by atomic mass is 16.6. The van der Waals surface area contributed by atoms with Gasteiger partial charge >= 0.3 is 6.09 Å². The van der Waals surface area contributed by atoms with Gasteiger partial charge in [-0.3, -0.25) is 9.69 Å². The first-order chi connectivity index (χ1) is 13.8. The Bertz CT molecular complexity index is 953. The number of ketones is 1. The van der Waals surface area contributed by atoms with Crippen LogP contribution in [0.25, 0.3) is 10.9 Å². The summed E-state index contributed by atoms with van der Waals surface area (Å²) >= 11 is 0. The fraction of sp³-hybridized carbons (Fsp3) is 0.524. The summed E-state index contributed by atoms with van der Waals surface area (Å²) in [6, 6.07) is 5.62. The molecular weight excluding hydrogens is 370 g/mol. The number of nitrogens with zero attached hydrogens (tertiary/aromatic N) is 4. The Morgan fingerprint density at radius 2 is 2.00 bits per heavy atom. The molecule has 0 atom stereocenters. The molecule has 154 valence electrons. The van der Waals surface area contributed by atoms with Gasteiger partial charge in [-0.2, -0.15) is 0 Å². The molecule has 4 rings (SSSR count). The number of aromatic nitrogens is 2. The Morgan fingerprint density at radius 1 is 1.17 bits per heavy atom. The minimum atomic E-state index is -0.489. The number of ether oxygens (including phenoxy) is 1. The summed E-state index contributed by atoms with van der Waals surface area (Å²) < 4.78 is 5.50. The third kappa shape index (κ3) is 4.32. The first kappa shape index (κ1) is 19.6. The zero-order chi connectivity index (χ0) is 20.6. The minimum absolute atomic E-state index is 0.0641. The second-order valence-corrected chi connectivity index (χ2v) is 8.56. The van der Waals surface area contributed by atoms with Crippen LogP contribution >= 0.6 is 0 Å². The Morgan fingerprint density at radius 3 is 2.79 bits per heavy atom. The minimum Gasteiger partial charge on any atom is -0.444 e. The van der Waals surface area contributed by atoms with Crippen molar-refractivity contribution in [2.75, 3.05) is 38.0 Å². The van der Waals surface area contributed by atoms with Crippen molar-refractivity contribution in [2.24, 2.45) is 0 Å². The molecule has 1 N–H and O–H groups in total. The van der Waals surface area contributed by atoms with Gasteiger partial charge in [-0.05, 0) is 33.3 Å². The van der Waals surface area contributed by atoms with Crippen LogP contribution in [0.4, 0.5) is 10.6 Å². The molecule has 2 aromatic rings. The predicted molar refractivity (Wildman–Crippen MR) is 110 cm³/mol. The highest BCUT2D eigenvalue weighted by Gasteiger charge is 2.25. The molecule has 1 amide bonds. The maximum Gasteiger partial charge on any atom is 0.410 e. The van der Waals surface area contributed by atoms with Gasteiger partial charge in [-0.15, -0.1) is 0 Å². The van der Waals surface area contributed by atoms with Crippen LogP contribution in [0.3, 0.4) is 0 Å². The Kier molecular flexibility index (Phi) is 5.12. The van der Waals surface area contributed by atoms with E-state index in [1.807, 2.05) is 39.0 Å². The van der Waals surface area contributed by atoms with Crippen molar-refractivity contribution in [3.63, 3.8) is 0 Å². The molecule has 0 radical (unpaired) electrons. The van der Waals surface area contributed by atoms with Crippen LogP contribution in [0.5, 0.6) is 0 Å². The molecule has 1 saturated heterocycles. The van der Waals surface area contributed by atoms with Crippen molar-refractivity contribution in [3.05, 3.63) is 29.6 Å². The van der Waals surface area contributed by atoms with Gasteiger partial charge in [0, 0.05) is 31.7 Å². The number of benzene rings is 1. The molecule has 0 spiro atoms. The van der Waals surface area contributed by atoms with Crippen molar-refractivity contribution < 1.29 is 14.3 Å². The van der Waals surface area contributed by atoms with Gasteiger partial charge in [0.1, 0.15) is 17.2 Å². The molecule has 8 heteroatoms. The van der Waals surface area contributed by atoms with Gasteiger partial charge in [0.25, 0.3) is 0 Å². The van der Waals surface area contributed by atoms with Crippen LogP contribution in [-0.4, -0.2) is 70.0 Å². The molecule has 1 aromatic carbocycles. The smallest absolute Gasteiger partial charge is 0.410 e. The van der Waals surface area contributed by atoms with Crippen LogP contribution in [0.2, 0.25) is 0 Å². The largest absolute Gasteiger partial charge is 0.444 e. The van der Waals surface area contributed by atoms with Gasteiger partial charge in [-0.1, -0.05) is 12.1 Å². The summed E-state index contributed by atoms with van der Waals surface area (Å²) in [5.74, 6) is 1.51. The van der Waals surface area contributed by atoms with Gasteiger partial charge < -0.3 is 15.0 Å². The van der Waals surface area contributed by atoms with Crippen molar-refractivity contribution in [1.82, 2.24) is 19.8 Å². The van der Waals surface area contributed by atoms with Crippen LogP contribution in [-0.2, 0) is 11.3 Å². The number of Topliss-reactive ketones (excluding diaryl/α,β-unsaturated/α-hetero) is 1. The van der Waals surface area contributed by atoms with E-state index >= 15 is 0 Å². The lowest BCUT2D eigenvalue weighted by molar-refractivity contribution is 0.0257. The quantitative estimate of drug-likeness (QED) is 0.833. The molecule has 2 aliphatic rings. The molecule has 3 heterocycles. The maximum atomic E-state index is 12.4. The van der Waals surface area contributed by atoms with Crippen LogP contribution in [0, 0.1) is 0 Å². The summed E-state index contributed by atoms with van der Waals surface area (Å²) in [4.78, 5) is 37.9. The van der Waals surface area contributed by atoms with E-state index in [-0.39, 0.29) is 18.4 Å². The fourth-order valence-corrected chi connectivity index (χ4v) is 3.76. The summed E-state index contributed by atoms with van der Waals surface area (Å²) in [6.45, 7) is 9.41. The standard InChI is InChI=1S/C21H27N5O3/c1-21(2,3)29-20(28)26-9-5-8-25(10-11-26)13-17-23-15-7-4-6-14-16(27)12-22-19(24-17)18(14)15/h4,6-7H,5,8-13H2,1-3H3,(H,22,23,24). The lowest BCUT2D eigenvalue weighted by Crippen LogP contribution is -2.39. The molecule has 2 aliphatic heterocycles. The Balaban J connectivity index is 1.47. The fourth-order valence-electron chi connectivity index (χ4n) is 3.76. The summed E-state index contributed by atoms with van der Waals surface area (Å²) in [5, 5.41) is 3.93. The summed E-state index contributed by atoms with van der Waals surface area (Å²) in [6.07, 6.45) is 0.614. The number of hydrogen-bond donors (Lipinski definition) is 1. The molecule has 1 fully saturated rings. The number of carbonyl (C=O) groups excluding carboxylic acids is 2. The van der Waals surface area contributed by atoms with E-state index in [0.717, 1.165) is 42.1 Å². The number of rotatable bonds is 2. The zero-order valence-electron chi connectivity index (χ0n) is 17.2. The van der Waals surface area contributed by atoms with E-state index in [4.69, 9.17) is 9.72 Å². The van der Waals surface area contributed by atoms with Crippen molar-refractivity contribution in [2.45, 2.75) is 39.3 Å². The third-order valence-electron chi connectivity index (χ3n) is 5.09. The molecule has 29 heavy (non-hydrogen) atoms. The van der Waals surface area contributed by atoms with Crippen LogP contribution in [0.15, 0.2) is 18.2 Å². The topological polar surface area (TPSA) is 87.7 Å². The van der Waals surface area contributed by atoms with E-state index in [1.54, 1.807) is 4.90 Å². The predicted octanol–water partition coefficient (Wildman–Crippen LogP) is 2.68. The molecule has 8 nitrogen and oxygen atoms in total. The Labute approximate surface area is 170 Å². The second-order valence-electron chi connectivity index (χ2n) is 8.56. The zero-order valence-corrected chi connectivity index (χ0v) is 17.2. The van der Waals surface area contributed by atoms with Gasteiger partial charge in [0.15, 0.2) is 5.78 Å². The SMILES string of the molecule is CC(C)(C)OC(=O)N1CCCN(Cc2nc3c4c(cccc4n2)C(=O)CN3)CC1. The Hall–Kier alpha value is -2.74. The van der Waals surface area contributed by atoms with E-state index < -0.39 is 5.60 Å². The van der Waals surface area contributed by atoms with Gasteiger partial charge in [0.2, 0.25) is 0 Å². The van der Waals surface area contributed by atoms with E-state index in [9.17, 15) is 9.59 Å². The molecule has 0 saturated carbocycles. The highest BCUT2D eigenvalue weighted by Crippen LogP contribution is 2.28. The van der Waals surface area contributed by atoms with E-state index in [1.165, 1.54) is 0 Å². The number of amides is 1. The highest BCUT2D eigenvalue weighted by molar-refractivity contribution is 6.15. The van der Waals surface area contributed by atoms with Crippen molar-refractivity contribution >= 4 is 28.6 Å². The van der Waals surface area contributed by atoms with E-state index in [0.29, 0.717) is 25.2 Å². The number of carbonyl (C=O) groups is 2.